The van der Waals surface area contributed by atoms with Gasteiger partial charge in [0.05, 0.1) is 5.69 Å². The fraction of sp³-hybridized carbons (Fsp3) is 0.529. The van der Waals surface area contributed by atoms with Gasteiger partial charge in [-0.15, -0.1) is 0 Å². The van der Waals surface area contributed by atoms with E-state index >= 15 is 0 Å². The van der Waals surface area contributed by atoms with Crippen molar-refractivity contribution in [2.24, 2.45) is 5.92 Å². The fourth-order valence-electron chi connectivity index (χ4n) is 2.29. The van der Waals surface area contributed by atoms with Gasteiger partial charge in [0.15, 0.2) is 5.82 Å². The third-order valence-corrected chi connectivity index (χ3v) is 3.47. The molecule has 0 aliphatic carbocycles. The number of nitrogens with one attached hydrogen (secondary N) is 1. The van der Waals surface area contributed by atoms with Gasteiger partial charge in [-0.05, 0) is 49.1 Å². The Morgan fingerprint density at radius 1 is 1.19 bits per heavy atom. The van der Waals surface area contributed by atoms with Crippen LogP contribution in [0.3, 0.4) is 0 Å². The third-order valence-electron chi connectivity index (χ3n) is 3.47. The van der Waals surface area contributed by atoms with Crippen molar-refractivity contribution < 1.29 is 0 Å². The predicted octanol–water partition coefficient (Wildman–Crippen LogP) is 3.14. The summed E-state index contributed by atoms with van der Waals surface area (Å²) in [6, 6.07) is 6.36. The Kier molecular flexibility index (Phi) is 5.51. The van der Waals surface area contributed by atoms with Gasteiger partial charge >= 0.3 is 0 Å². The smallest absolute Gasteiger partial charge is 0.153 e. The lowest BCUT2D eigenvalue weighted by molar-refractivity contribution is 0.552. The molecule has 114 valence electrons. The van der Waals surface area contributed by atoms with Crippen molar-refractivity contribution in [3.63, 3.8) is 0 Å². The quantitative estimate of drug-likeness (QED) is 0.850. The van der Waals surface area contributed by atoms with Gasteiger partial charge in [0.2, 0.25) is 0 Å². The van der Waals surface area contributed by atoms with E-state index in [4.69, 9.17) is 0 Å². The highest BCUT2D eigenvalue weighted by Crippen LogP contribution is 2.13. The summed E-state index contributed by atoms with van der Waals surface area (Å²) in [5, 5.41) is 8.12. The van der Waals surface area contributed by atoms with Gasteiger partial charge in [0.25, 0.3) is 0 Å². The summed E-state index contributed by atoms with van der Waals surface area (Å²) in [5.41, 5.74) is 3.58. The number of rotatable bonds is 7. The van der Waals surface area contributed by atoms with E-state index in [1.165, 1.54) is 11.3 Å². The van der Waals surface area contributed by atoms with Gasteiger partial charge in [-0.1, -0.05) is 27.7 Å². The molecular formula is C17H26N4. The topological polar surface area (TPSA) is 42.7 Å². The number of pyridine rings is 1. The minimum Gasteiger partial charge on any atom is -0.312 e. The molecule has 2 aromatic heterocycles. The van der Waals surface area contributed by atoms with E-state index in [0.29, 0.717) is 5.92 Å². The van der Waals surface area contributed by atoms with E-state index in [1.54, 1.807) is 0 Å². The lowest BCUT2D eigenvalue weighted by Crippen LogP contribution is -2.19. The predicted molar refractivity (Wildman–Crippen MR) is 86.7 cm³/mol. The largest absolute Gasteiger partial charge is 0.312 e. The molecule has 0 saturated heterocycles. The Morgan fingerprint density at radius 3 is 2.67 bits per heavy atom. The minimum absolute atomic E-state index is 0.663. The molecule has 0 aliphatic heterocycles. The van der Waals surface area contributed by atoms with E-state index in [2.05, 4.69) is 61.3 Å². The summed E-state index contributed by atoms with van der Waals surface area (Å²) in [7, 11) is 0. The van der Waals surface area contributed by atoms with E-state index in [1.807, 2.05) is 10.9 Å². The lowest BCUT2D eigenvalue weighted by Gasteiger charge is -2.09. The molecule has 21 heavy (non-hydrogen) atoms. The molecule has 0 unspecified atom stereocenters. The second-order valence-electron chi connectivity index (χ2n) is 5.79. The van der Waals surface area contributed by atoms with Crippen LogP contribution < -0.4 is 5.32 Å². The summed E-state index contributed by atoms with van der Waals surface area (Å²) in [6.45, 7) is 10.6. The summed E-state index contributed by atoms with van der Waals surface area (Å²) < 4.78 is 1.98. The van der Waals surface area contributed by atoms with E-state index in [9.17, 15) is 0 Å². The summed E-state index contributed by atoms with van der Waals surface area (Å²) in [6.07, 6.45) is 3.79. The molecule has 0 radical (unpaired) electrons. The average Bonchev–Trinajstić information content (AvgIpc) is 2.90. The first-order chi connectivity index (χ1) is 10.1. The Bertz CT molecular complexity index is 572. The summed E-state index contributed by atoms with van der Waals surface area (Å²) >= 11 is 0. The molecule has 2 aromatic rings. The maximum absolute atomic E-state index is 4.65. The van der Waals surface area contributed by atoms with Gasteiger partial charge in [0, 0.05) is 18.4 Å². The van der Waals surface area contributed by atoms with Crippen LogP contribution in [0.4, 0.5) is 0 Å². The van der Waals surface area contributed by atoms with Crippen molar-refractivity contribution in [2.45, 2.75) is 47.1 Å². The number of nitrogens with zero attached hydrogens (tertiary/aromatic N) is 3. The van der Waals surface area contributed by atoms with Crippen LogP contribution in [-0.4, -0.2) is 21.3 Å². The Morgan fingerprint density at radius 2 is 2.00 bits per heavy atom. The highest BCUT2D eigenvalue weighted by molar-refractivity contribution is 5.30. The van der Waals surface area contributed by atoms with E-state index in [-0.39, 0.29) is 0 Å². The Hall–Kier alpha value is -1.68. The second kappa shape index (κ2) is 7.36. The van der Waals surface area contributed by atoms with Crippen LogP contribution in [0.2, 0.25) is 0 Å². The molecule has 0 bridgehead atoms. The van der Waals surface area contributed by atoms with Gasteiger partial charge in [-0.25, -0.2) is 9.67 Å². The number of aryl methyl sites for hydroxylation is 2. The molecule has 4 heteroatoms. The zero-order chi connectivity index (χ0) is 15.2. The van der Waals surface area contributed by atoms with Gasteiger partial charge < -0.3 is 5.32 Å². The Balaban J connectivity index is 2.18. The highest BCUT2D eigenvalue weighted by atomic mass is 15.3. The van der Waals surface area contributed by atoms with Crippen molar-refractivity contribution in [3.05, 3.63) is 41.3 Å². The Labute approximate surface area is 127 Å². The molecule has 0 amide bonds. The van der Waals surface area contributed by atoms with Crippen molar-refractivity contribution in [3.8, 4) is 5.82 Å². The molecular weight excluding hydrogens is 260 g/mol. The average molecular weight is 286 g/mol. The first kappa shape index (κ1) is 15.7. The first-order valence-electron chi connectivity index (χ1n) is 7.87. The fourth-order valence-corrected chi connectivity index (χ4v) is 2.29. The van der Waals surface area contributed by atoms with Gasteiger partial charge in [-0.2, -0.15) is 5.10 Å². The normalized spacial score (nSPS) is 11.3. The minimum atomic E-state index is 0.663. The lowest BCUT2D eigenvalue weighted by atomic mass is 10.2. The molecule has 0 fully saturated rings. The molecule has 1 N–H and O–H groups in total. The van der Waals surface area contributed by atoms with Crippen molar-refractivity contribution in [1.29, 1.82) is 0 Å². The third kappa shape index (κ3) is 4.14. The first-order valence-corrected chi connectivity index (χ1v) is 7.87. The zero-order valence-corrected chi connectivity index (χ0v) is 13.6. The maximum Gasteiger partial charge on any atom is 0.153 e. The number of aromatic nitrogens is 3. The molecule has 0 saturated carbocycles. The van der Waals surface area contributed by atoms with Crippen molar-refractivity contribution >= 4 is 0 Å². The zero-order valence-electron chi connectivity index (χ0n) is 13.6. The van der Waals surface area contributed by atoms with Gasteiger partial charge in [0.1, 0.15) is 0 Å². The molecule has 2 heterocycles. The molecule has 0 atom stereocenters. The van der Waals surface area contributed by atoms with Crippen LogP contribution in [0.15, 0.2) is 24.4 Å². The van der Waals surface area contributed by atoms with Crippen molar-refractivity contribution in [2.75, 3.05) is 6.54 Å². The standard InChI is InChI=1S/C17H26N4/c1-5-15-10-16(6-2)21(20-15)17-9-14(7-8-19-17)12-18-11-13(3)4/h7-10,13,18H,5-6,11-12H2,1-4H3. The number of hydrogen-bond donors (Lipinski definition) is 1. The van der Waals surface area contributed by atoms with Crippen LogP contribution in [0.25, 0.3) is 5.82 Å². The second-order valence-corrected chi connectivity index (χ2v) is 5.79. The van der Waals surface area contributed by atoms with Crippen LogP contribution >= 0.6 is 0 Å². The number of hydrogen-bond acceptors (Lipinski definition) is 3. The van der Waals surface area contributed by atoms with Crippen molar-refractivity contribution in [1.82, 2.24) is 20.1 Å². The van der Waals surface area contributed by atoms with Gasteiger partial charge in [-0.3, -0.25) is 0 Å². The molecule has 0 aliphatic rings. The molecule has 2 rings (SSSR count). The monoisotopic (exact) mass is 286 g/mol. The summed E-state index contributed by atoms with van der Waals surface area (Å²) in [4.78, 5) is 4.48. The molecule has 0 spiro atoms. The van der Waals surface area contributed by atoms with Crippen LogP contribution in [-0.2, 0) is 19.4 Å². The van der Waals surface area contributed by atoms with Crippen LogP contribution in [0.5, 0.6) is 0 Å². The van der Waals surface area contributed by atoms with E-state index < -0.39 is 0 Å². The van der Waals surface area contributed by atoms with E-state index in [0.717, 1.165) is 37.4 Å². The SMILES string of the molecule is CCc1cc(CC)n(-c2cc(CNCC(C)C)ccn2)n1. The summed E-state index contributed by atoms with van der Waals surface area (Å²) in [5.74, 6) is 1.58. The van der Waals surface area contributed by atoms with Crippen LogP contribution in [0.1, 0.15) is 44.6 Å². The highest BCUT2D eigenvalue weighted by Gasteiger charge is 2.09. The van der Waals surface area contributed by atoms with Crippen LogP contribution in [0, 0.1) is 5.92 Å². The molecule has 4 nitrogen and oxygen atoms in total. The maximum atomic E-state index is 4.65. The molecule has 0 aromatic carbocycles.